The molecule has 1 aliphatic heterocycles. The van der Waals surface area contributed by atoms with Crippen LogP contribution in [0.15, 0.2) is 24.3 Å². The molecule has 0 saturated carbocycles. The first-order chi connectivity index (χ1) is 13.5. The van der Waals surface area contributed by atoms with Crippen LogP contribution in [0.3, 0.4) is 0 Å². The van der Waals surface area contributed by atoms with Crippen molar-refractivity contribution < 1.29 is 23.8 Å². The number of hydrogen-bond acceptors (Lipinski definition) is 5. The van der Waals surface area contributed by atoms with Gasteiger partial charge in [-0.3, -0.25) is 9.59 Å². The summed E-state index contributed by atoms with van der Waals surface area (Å²) in [5.74, 6) is 0.376. The van der Waals surface area contributed by atoms with Gasteiger partial charge in [0.05, 0.1) is 13.2 Å². The van der Waals surface area contributed by atoms with Gasteiger partial charge in [0.25, 0.3) is 11.8 Å². The Bertz CT molecular complexity index is 628. The molecule has 2 rings (SSSR count). The highest BCUT2D eigenvalue weighted by molar-refractivity contribution is 5.97. The first-order valence-electron chi connectivity index (χ1n) is 10.0. The minimum atomic E-state index is -0.843. The number of benzene rings is 1. The van der Waals surface area contributed by atoms with E-state index in [1.807, 2.05) is 13.8 Å². The van der Waals surface area contributed by atoms with Crippen LogP contribution in [-0.2, 0) is 19.1 Å². The molecule has 0 spiro atoms. The number of carbonyl (C=O) groups excluding carboxylic acids is 2. The SMILES string of the molecule is CCCC[C@@](C)(OCC)C(=O)Nc1ccc(OCC(=O)N2CCOCC2)cc1. The molecule has 7 heteroatoms. The molecule has 1 fully saturated rings. The van der Waals surface area contributed by atoms with Gasteiger partial charge in [0.2, 0.25) is 0 Å². The monoisotopic (exact) mass is 392 g/mol. The topological polar surface area (TPSA) is 77.1 Å². The van der Waals surface area contributed by atoms with E-state index in [2.05, 4.69) is 12.2 Å². The first-order valence-corrected chi connectivity index (χ1v) is 10.0. The number of rotatable bonds is 10. The minimum Gasteiger partial charge on any atom is -0.484 e. The van der Waals surface area contributed by atoms with E-state index >= 15 is 0 Å². The van der Waals surface area contributed by atoms with Crippen molar-refractivity contribution in [3.63, 3.8) is 0 Å². The number of unbranched alkanes of at least 4 members (excludes halogenated alkanes) is 1. The zero-order valence-corrected chi connectivity index (χ0v) is 17.2. The number of ether oxygens (including phenoxy) is 3. The van der Waals surface area contributed by atoms with Gasteiger partial charge in [0, 0.05) is 25.4 Å². The largest absolute Gasteiger partial charge is 0.484 e. The van der Waals surface area contributed by atoms with Gasteiger partial charge in [-0.05, 0) is 44.5 Å². The maximum atomic E-state index is 12.7. The molecule has 0 aliphatic carbocycles. The summed E-state index contributed by atoms with van der Waals surface area (Å²) in [5.41, 5.74) is -0.177. The van der Waals surface area contributed by atoms with Crippen LogP contribution in [0.5, 0.6) is 5.75 Å². The zero-order chi connectivity index (χ0) is 20.4. The number of nitrogens with one attached hydrogen (secondary N) is 1. The quantitative estimate of drug-likeness (QED) is 0.663. The Labute approximate surface area is 167 Å². The fourth-order valence-corrected chi connectivity index (χ4v) is 3.03. The zero-order valence-electron chi connectivity index (χ0n) is 17.2. The first kappa shape index (κ1) is 22.2. The molecule has 1 aliphatic rings. The van der Waals surface area contributed by atoms with E-state index in [0.29, 0.717) is 50.8 Å². The van der Waals surface area contributed by atoms with Crippen molar-refractivity contribution in [3.05, 3.63) is 24.3 Å². The van der Waals surface area contributed by atoms with Gasteiger partial charge >= 0.3 is 0 Å². The van der Waals surface area contributed by atoms with Crippen molar-refractivity contribution in [1.82, 2.24) is 4.90 Å². The Morgan fingerprint density at radius 3 is 2.46 bits per heavy atom. The van der Waals surface area contributed by atoms with E-state index in [0.717, 1.165) is 12.8 Å². The molecule has 156 valence electrons. The third-order valence-corrected chi connectivity index (χ3v) is 4.79. The molecule has 7 nitrogen and oxygen atoms in total. The van der Waals surface area contributed by atoms with E-state index in [9.17, 15) is 9.59 Å². The van der Waals surface area contributed by atoms with Crippen molar-refractivity contribution in [2.24, 2.45) is 0 Å². The van der Waals surface area contributed by atoms with E-state index in [1.54, 1.807) is 29.2 Å². The summed E-state index contributed by atoms with van der Waals surface area (Å²) < 4.78 is 16.5. The molecule has 1 aromatic rings. The molecule has 0 bridgehead atoms. The summed E-state index contributed by atoms with van der Waals surface area (Å²) in [6.45, 7) is 8.62. The van der Waals surface area contributed by atoms with Crippen molar-refractivity contribution in [1.29, 1.82) is 0 Å². The standard InChI is InChI=1S/C21H32N2O5/c1-4-6-11-21(3,28-5-2)20(25)22-17-7-9-18(10-8-17)27-16-19(24)23-12-14-26-15-13-23/h7-10H,4-6,11-16H2,1-3H3,(H,22,25)/t21-/m1/s1. The lowest BCUT2D eigenvalue weighted by molar-refractivity contribution is -0.139. The summed E-state index contributed by atoms with van der Waals surface area (Å²) in [4.78, 5) is 26.5. The van der Waals surface area contributed by atoms with Crippen LogP contribution in [-0.4, -0.2) is 61.8 Å². The Balaban J connectivity index is 1.87. The van der Waals surface area contributed by atoms with Gasteiger partial charge < -0.3 is 24.4 Å². The van der Waals surface area contributed by atoms with Crippen molar-refractivity contribution in [2.75, 3.05) is 44.8 Å². The summed E-state index contributed by atoms with van der Waals surface area (Å²) in [7, 11) is 0. The van der Waals surface area contributed by atoms with Gasteiger partial charge in [-0.15, -0.1) is 0 Å². The molecule has 1 saturated heterocycles. The van der Waals surface area contributed by atoms with E-state index < -0.39 is 5.60 Å². The van der Waals surface area contributed by atoms with Gasteiger partial charge in [-0.2, -0.15) is 0 Å². The highest BCUT2D eigenvalue weighted by Gasteiger charge is 2.33. The Kier molecular flexibility index (Phi) is 8.73. The van der Waals surface area contributed by atoms with Crippen LogP contribution in [0.2, 0.25) is 0 Å². The van der Waals surface area contributed by atoms with Crippen LogP contribution in [0.25, 0.3) is 0 Å². The fraction of sp³-hybridized carbons (Fsp3) is 0.619. The molecule has 2 amide bonds. The van der Waals surface area contributed by atoms with Crippen LogP contribution >= 0.6 is 0 Å². The number of nitrogens with zero attached hydrogens (tertiary/aromatic N) is 1. The third kappa shape index (κ3) is 6.49. The van der Waals surface area contributed by atoms with Crippen LogP contribution in [0.1, 0.15) is 40.0 Å². The van der Waals surface area contributed by atoms with Crippen LogP contribution in [0.4, 0.5) is 5.69 Å². The number of anilines is 1. The second kappa shape index (κ2) is 11.0. The van der Waals surface area contributed by atoms with Gasteiger partial charge in [-0.25, -0.2) is 0 Å². The van der Waals surface area contributed by atoms with Crippen molar-refractivity contribution in [3.8, 4) is 5.75 Å². The number of morpholine rings is 1. The predicted molar refractivity (Wildman–Crippen MR) is 108 cm³/mol. The minimum absolute atomic E-state index is 0.00879. The second-order valence-electron chi connectivity index (χ2n) is 7.03. The normalized spacial score (nSPS) is 16.3. The van der Waals surface area contributed by atoms with Gasteiger partial charge in [0.15, 0.2) is 6.61 Å². The van der Waals surface area contributed by atoms with Crippen LogP contribution < -0.4 is 10.1 Å². The number of carbonyl (C=O) groups is 2. The average molecular weight is 392 g/mol. The predicted octanol–water partition coefficient (Wildman–Crippen LogP) is 2.85. The molecular weight excluding hydrogens is 360 g/mol. The summed E-state index contributed by atoms with van der Waals surface area (Å²) in [6, 6.07) is 7.01. The second-order valence-corrected chi connectivity index (χ2v) is 7.03. The van der Waals surface area contributed by atoms with Crippen LogP contribution in [0, 0.1) is 0 Å². The summed E-state index contributed by atoms with van der Waals surface area (Å²) in [6.07, 6.45) is 2.60. The molecule has 1 atom stereocenters. The summed E-state index contributed by atoms with van der Waals surface area (Å²) in [5, 5.41) is 2.91. The molecule has 0 unspecified atom stereocenters. The van der Waals surface area contributed by atoms with Crippen molar-refractivity contribution in [2.45, 2.75) is 45.6 Å². The molecule has 1 N–H and O–H groups in total. The molecule has 0 radical (unpaired) electrons. The summed E-state index contributed by atoms with van der Waals surface area (Å²) >= 11 is 0. The van der Waals surface area contributed by atoms with E-state index in [4.69, 9.17) is 14.2 Å². The molecule has 1 heterocycles. The Hall–Kier alpha value is -2.12. The molecule has 1 aromatic carbocycles. The maximum Gasteiger partial charge on any atom is 0.260 e. The highest BCUT2D eigenvalue weighted by atomic mass is 16.5. The van der Waals surface area contributed by atoms with E-state index in [-0.39, 0.29) is 18.4 Å². The van der Waals surface area contributed by atoms with Crippen molar-refractivity contribution >= 4 is 17.5 Å². The molecular formula is C21H32N2O5. The lowest BCUT2D eigenvalue weighted by Crippen LogP contribution is -2.43. The van der Waals surface area contributed by atoms with Gasteiger partial charge in [-0.1, -0.05) is 19.8 Å². The number of hydrogen-bond donors (Lipinski definition) is 1. The molecule has 28 heavy (non-hydrogen) atoms. The molecule has 0 aromatic heterocycles. The highest BCUT2D eigenvalue weighted by Crippen LogP contribution is 2.23. The fourth-order valence-electron chi connectivity index (χ4n) is 3.03. The smallest absolute Gasteiger partial charge is 0.260 e. The van der Waals surface area contributed by atoms with E-state index in [1.165, 1.54) is 0 Å². The lowest BCUT2D eigenvalue weighted by Gasteiger charge is -2.28. The lowest BCUT2D eigenvalue weighted by atomic mass is 9.97. The third-order valence-electron chi connectivity index (χ3n) is 4.79. The van der Waals surface area contributed by atoms with Gasteiger partial charge in [0.1, 0.15) is 11.4 Å². The Morgan fingerprint density at radius 2 is 1.86 bits per heavy atom. The Morgan fingerprint density at radius 1 is 1.18 bits per heavy atom. The number of amides is 2. The maximum absolute atomic E-state index is 12.7. The average Bonchev–Trinajstić information content (AvgIpc) is 2.72.